The Morgan fingerprint density at radius 2 is 2.15 bits per heavy atom. The lowest BCUT2D eigenvalue weighted by molar-refractivity contribution is 0.254. The minimum atomic E-state index is -3.21. The second-order valence-electron chi connectivity index (χ2n) is 4.47. The summed E-state index contributed by atoms with van der Waals surface area (Å²) in [5.41, 5.74) is 0.871. The standard InChI is InChI=1S/C12H16Cl2N2O3S/c1-15-20(17,18)5-3-16-11-2-4-19-12-9(11)6-8(13)7-10(12)14/h6-7,11,15-16H,2-5H2,1H3. The van der Waals surface area contributed by atoms with Gasteiger partial charge < -0.3 is 10.1 Å². The number of hydrogen-bond donors (Lipinski definition) is 2. The van der Waals surface area contributed by atoms with Crippen molar-refractivity contribution in [3.63, 3.8) is 0 Å². The fourth-order valence-corrected chi connectivity index (χ4v) is 3.26. The number of nitrogens with one attached hydrogen (secondary N) is 2. The van der Waals surface area contributed by atoms with Crippen LogP contribution < -0.4 is 14.8 Å². The first-order valence-corrected chi connectivity index (χ1v) is 8.60. The number of sulfonamides is 1. The summed E-state index contributed by atoms with van der Waals surface area (Å²) >= 11 is 12.1. The van der Waals surface area contributed by atoms with Crippen LogP contribution in [0.1, 0.15) is 18.0 Å². The van der Waals surface area contributed by atoms with Gasteiger partial charge in [0.1, 0.15) is 5.75 Å². The van der Waals surface area contributed by atoms with Crippen LogP contribution in [0.15, 0.2) is 12.1 Å². The maximum absolute atomic E-state index is 11.4. The van der Waals surface area contributed by atoms with Crippen LogP contribution in [-0.2, 0) is 10.0 Å². The summed E-state index contributed by atoms with van der Waals surface area (Å²) in [4.78, 5) is 0. The zero-order chi connectivity index (χ0) is 14.8. The van der Waals surface area contributed by atoms with Gasteiger partial charge in [0.25, 0.3) is 0 Å². The molecule has 5 nitrogen and oxygen atoms in total. The summed E-state index contributed by atoms with van der Waals surface area (Å²) in [6.07, 6.45) is 0.739. The van der Waals surface area contributed by atoms with Gasteiger partial charge in [-0.25, -0.2) is 13.1 Å². The number of benzene rings is 1. The van der Waals surface area contributed by atoms with E-state index in [1.165, 1.54) is 7.05 Å². The number of ether oxygens (including phenoxy) is 1. The molecule has 112 valence electrons. The van der Waals surface area contributed by atoms with Gasteiger partial charge in [-0.2, -0.15) is 0 Å². The highest BCUT2D eigenvalue weighted by atomic mass is 35.5. The normalized spacial score (nSPS) is 18.4. The molecule has 1 aromatic rings. The number of hydrogen-bond acceptors (Lipinski definition) is 4. The largest absolute Gasteiger partial charge is 0.492 e. The second-order valence-corrected chi connectivity index (χ2v) is 7.36. The van der Waals surface area contributed by atoms with Crippen molar-refractivity contribution in [2.45, 2.75) is 12.5 Å². The van der Waals surface area contributed by atoms with Crippen LogP contribution in [0, 0.1) is 0 Å². The van der Waals surface area contributed by atoms with Crippen molar-refractivity contribution in [3.8, 4) is 5.75 Å². The maximum Gasteiger partial charge on any atom is 0.212 e. The molecule has 0 radical (unpaired) electrons. The van der Waals surface area contributed by atoms with E-state index in [1.54, 1.807) is 12.1 Å². The Labute approximate surface area is 128 Å². The molecule has 0 saturated carbocycles. The highest BCUT2D eigenvalue weighted by molar-refractivity contribution is 7.89. The molecule has 2 rings (SSSR count). The third-order valence-electron chi connectivity index (χ3n) is 3.14. The summed E-state index contributed by atoms with van der Waals surface area (Å²) < 4.78 is 30.6. The molecule has 0 bridgehead atoms. The van der Waals surface area contributed by atoms with Crippen molar-refractivity contribution in [3.05, 3.63) is 27.7 Å². The van der Waals surface area contributed by atoms with E-state index in [1.807, 2.05) is 0 Å². The van der Waals surface area contributed by atoms with Gasteiger partial charge in [0.2, 0.25) is 10.0 Å². The molecule has 20 heavy (non-hydrogen) atoms. The van der Waals surface area contributed by atoms with Gasteiger partial charge in [0.05, 0.1) is 17.4 Å². The first-order valence-electron chi connectivity index (χ1n) is 6.19. The maximum atomic E-state index is 11.4. The molecule has 1 aliphatic heterocycles. The molecule has 0 amide bonds. The third-order valence-corrected chi connectivity index (χ3v) is 5.00. The minimum Gasteiger partial charge on any atom is -0.492 e. The molecule has 0 aliphatic carbocycles. The summed E-state index contributed by atoms with van der Waals surface area (Å²) in [5.74, 6) is 0.640. The van der Waals surface area contributed by atoms with E-state index >= 15 is 0 Å². The van der Waals surface area contributed by atoms with Crippen molar-refractivity contribution in [1.82, 2.24) is 10.0 Å². The van der Waals surface area contributed by atoms with E-state index in [-0.39, 0.29) is 11.8 Å². The third kappa shape index (κ3) is 3.77. The first kappa shape index (κ1) is 15.9. The predicted octanol–water partition coefficient (Wildman–Crippen LogP) is 1.96. The molecule has 1 unspecified atom stereocenters. The van der Waals surface area contributed by atoms with Gasteiger partial charge in [-0.15, -0.1) is 0 Å². The smallest absolute Gasteiger partial charge is 0.212 e. The predicted molar refractivity (Wildman–Crippen MR) is 80.2 cm³/mol. The summed E-state index contributed by atoms with van der Waals surface area (Å²) in [7, 11) is -1.81. The van der Waals surface area contributed by atoms with Gasteiger partial charge in [-0.3, -0.25) is 0 Å². The van der Waals surface area contributed by atoms with Crippen molar-refractivity contribution in [2.24, 2.45) is 0 Å². The Balaban J connectivity index is 2.09. The second kappa shape index (κ2) is 6.49. The lowest BCUT2D eigenvalue weighted by atomic mass is 10.0. The van der Waals surface area contributed by atoms with Crippen molar-refractivity contribution >= 4 is 33.2 Å². The molecule has 0 fully saturated rings. The average Bonchev–Trinajstić information content (AvgIpc) is 2.39. The van der Waals surface area contributed by atoms with Gasteiger partial charge in [-0.1, -0.05) is 23.2 Å². The number of halogens is 2. The molecule has 0 aromatic heterocycles. The van der Waals surface area contributed by atoms with Gasteiger partial charge in [-0.05, 0) is 19.2 Å². The Kier molecular flexibility index (Phi) is 5.14. The molecule has 1 atom stereocenters. The van der Waals surface area contributed by atoms with Crippen LogP contribution in [0.4, 0.5) is 0 Å². The zero-order valence-corrected chi connectivity index (χ0v) is 13.3. The van der Waals surface area contributed by atoms with Crippen LogP contribution >= 0.6 is 23.2 Å². The van der Waals surface area contributed by atoms with Gasteiger partial charge in [0.15, 0.2) is 0 Å². The van der Waals surface area contributed by atoms with Crippen molar-refractivity contribution < 1.29 is 13.2 Å². The molecule has 1 aromatic carbocycles. The number of rotatable bonds is 5. The van der Waals surface area contributed by atoms with E-state index in [4.69, 9.17) is 27.9 Å². The average molecular weight is 339 g/mol. The lowest BCUT2D eigenvalue weighted by Gasteiger charge is -2.27. The van der Waals surface area contributed by atoms with E-state index in [0.29, 0.717) is 28.9 Å². The Morgan fingerprint density at radius 3 is 2.85 bits per heavy atom. The monoisotopic (exact) mass is 338 g/mol. The van der Waals surface area contributed by atoms with Crippen LogP contribution in [0.3, 0.4) is 0 Å². The highest BCUT2D eigenvalue weighted by Crippen LogP contribution is 2.39. The molecular weight excluding hydrogens is 323 g/mol. The lowest BCUT2D eigenvalue weighted by Crippen LogP contribution is -2.33. The highest BCUT2D eigenvalue weighted by Gasteiger charge is 2.24. The topological polar surface area (TPSA) is 67.4 Å². The Bertz CT molecular complexity index is 593. The SMILES string of the molecule is CNS(=O)(=O)CCNC1CCOc2c(Cl)cc(Cl)cc21. The molecule has 1 heterocycles. The number of fused-ring (bicyclic) bond motifs is 1. The summed E-state index contributed by atoms with van der Waals surface area (Å²) in [6.45, 7) is 0.877. The van der Waals surface area contributed by atoms with E-state index < -0.39 is 10.0 Å². The molecule has 8 heteroatoms. The summed E-state index contributed by atoms with van der Waals surface area (Å²) in [5, 5.41) is 4.22. The first-order chi connectivity index (χ1) is 9.43. The molecule has 1 aliphatic rings. The van der Waals surface area contributed by atoms with E-state index in [2.05, 4.69) is 10.0 Å². The van der Waals surface area contributed by atoms with Crippen LogP contribution in [-0.4, -0.2) is 34.4 Å². The van der Waals surface area contributed by atoms with Gasteiger partial charge >= 0.3 is 0 Å². The minimum absolute atomic E-state index is 0.0120. The Hall–Kier alpha value is -0.530. The van der Waals surface area contributed by atoms with E-state index in [0.717, 1.165) is 12.0 Å². The Morgan fingerprint density at radius 1 is 1.40 bits per heavy atom. The van der Waals surface area contributed by atoms with E-state index in [9.17, 15) is 8.42 Å². The van der Waals surface area contributed by atoms with Gasteiger partial charge in [0, 0.05) is 29.6 Å². The zero-order valence-electron chi connectivity index (χ0n) is 10.9. The van der Waals surface area contributed by atoms with Crippen LogP contribution in [0.2, 0.25) is 10.0 Å². The fourth-order valence-electron chi connectivity index (χ4n) is 2.11. The molecule has 2 N–H and O–H groups in total. The van der Waals surface area contributed by atoms with Crippen molar-refractivity contribution in [2.75, 3.05) is 26.0 Å². The van der Waals surface area contributed by atoms with Crippen LogP contribution in [0.25, 0.3) is 0 Å². The van der Waals surface area contributed by atoms with Crippen LogP contribution in [0.5, 0.6) is 5.75 Å². The van der Waals surface area contributed by atoms with Crippen molar-refractivity contribution in [1.29, 1.82) is 0 Å². The summed E-state index contributed by atoms with van der Waals surface area (Å²) in [6, 6.07) is 3.42. The molecular formula is C12H16Cl2N2O3S. The molecule has 0 spiro atoms. The fraction of sp³-hybridized carbons (Fsp3) is 0.500. The quantitative estimate of drug-likeness (QED) is 0.861. The molecule has 0 saturated heterocycles.